The number of nitrogens with zero attached hydrogens (tertiary/aromatic N) is 2. The lowest BCUT2D eigenvalue weighted by atomic mass is 10.1. The largest absolute Gasteiger partial charge is 0.333 e. The number of aromatic nitrogens is 2. The van der Waals surface area contributed by atoms with Gasteiger partial charge >= 0.3 is 6.03 Å². The molecule has 2 heterocycles. The molecule has 0 bridgehead atoms. The molecule has 0 fully saturated rings. The average molecular weight is 338 g/mol. The van der Waals surface area contributed by atoms with Gasteiger partial charge in [0.05, 0.1) is 11.4 Å². The van der Waals surface area contributed by atoms with Gasteiger partial charge in [-0.1, -0.05) is 18.2 Å². The number of carbonyl (C=O) groups excluding carboxylic acids is 1. The maximum atomic E-state index is 13.5. The van der Waals surface area contributed by atoms with Crippen LogP contribution in [-0.4, -0.2) is 21.6 Å². The van der Waals surface area contributed by atoms with Crippen molar-refractivity contribution >= 4 is 22.5 Å². The number of hydrogen-bond acceptors (Lipinski definition) is 2. The van der Waals surface area contributed by atoms with Crippen LogP contribution in [0.2, 0.25) is 0 Å². The third-order valence-electron chi connectivity index (χ3n) is 4.54. The van der Waals surface area contributed by atoms with Crippen molar-refractivity contribution in [2.75, 3.05) is 5.32 Å². The number of amides is 2. The molecule has 6 heteroatoms. The molecule has 2 N–H and O–H groups in total. The minimum absolute atomic E-state index is 0.0489. The first-order valence-electron chi connectivity index (χ1n) is 8.37. The number of aryl methyl sites for hydroxylation is 2. The van der Waals surface area contributed by atoms with E-state index in [0.29, 0.717) is 17.6 Å². The molecular weight excluding hydrogens is 319 g/mol. The Morgan fingerprint density at radius 2 is 2.20 bits per heavy atom. The van der Waals surface area contributed by atoms with Crippen molar-refractivity contribution in [1.29, 1.82) is 0 Å². The molecule has 25 heavy (non-hydrogen) atoms. The summed E-state index contributed by atoms with van der Waals surface area (Å²) in [6, 6.07) is 9.84. The van der Waals surface area contributed by atoms with Crippen LogP contribution in [0.15, 0.2) is 42.6 Å². The summed E-state index contributed by atoms with van der Waals surface area (Å²) in [5.41, 5.74) is 1.60. The fourth-order valence-corrected chi connectivity index (χ4v) is 3.40. The van der Waals surface area contributed by atoms with Gasteiger partial charge < -0.3 is 15.2 Å². The van der Waals surface area contributed by atoms with E-state index in [9.17, 15) is 9.18 Å². The number of imidazole rings is 1. The molecule has 5 nitrogen and oxygen atoms in total. The quantitative estimate of drug-likeness (QED) is 0.750. The van der Waals surface area contributed by atoms with Gasteiger partial charge in [0.2, 0.25) is 0 Å². The Labute approximate surface area is 144 Å². The SMILES string of the molecule is Cc1cn2c(n1)CCC(NC(=O)Nc1cccc3ccc(F)cc13)C2. The first-order valence-corrected chi connectivity index (χ1v) is 8.37. The van der Waals surface area contributed by atoms with Crippen LogP contribution < -0.4 is 10.6 Å². The van der Waals surface area contributed by atoms with Gasteiger partial charge in [0, 0.05) is 30.6 Å². The van der Waals surface area contributed by atoms with E-state index in [2.05, 4.69) is 20.2 Å². The molecule has 0 saturated carbocycles. The van der Waals surface area contributed by atoms with E-state index in [1.165, 1.54) is 12.1 Å². The molecule has 4 rings (SSSR count). The summed E-state index contributed by atoms with van der Waals surface area (Å²) in [7, 11) is 0. The molecule has 0 saturated heterocycles. The van der Waals surface area contributed by atoms with Gasteiger partial charge in [0.25, 0.3) is 0 Å². The normalized spacial score (nSPS) is 16.5. The summed E-state index contributed by atoms with van der Waals surface area (Å²) >= 11 is 0. The number of hydrogen-bond donors (Lipinski definition) is 2. The van der Waals surface area contributed by atoms with Gasteiger partial charge in [-0.3, -0.25) is 0 Å². The Hall–Kier alpha value is -2.89. The van der Waals surface area contributed by atoms with Crippen molar-refractivity contribution in [1.82, 2.24) is 14.9 Å². The molecule has 0 aliphatic carbocycles. The number of rotatable bonds is 2. The van der Waals surface area contributed by atoms with Crippen LogP contribution in [0.5, 0.6) is 0 Å². The maximum Gasteiger partial charge on any atom is 0.319 e. The number of nitrogens with one attached hydrogen (secondary N) is 2. The minimum Gasteiger partial charge on any atom is -0.333 e. The lowest BCUT2D eigenvalue weighted by molar-refractivity contribution is 0.244. The van der Waals surface area contributed by atoms with Gasteiger partial charge in [-0.15, -0.1) is 0 Å². The zero-order chi connectivity index (χ0) is 17.4. The second-order valence-electron chi connectivity index (χ2n) is 6.46. The zero-order valence-electron chi connectivity index (χ0n) is 13.9. The molecule has 2 amide bonds. The first kappa shape index (κ1) is 15.6. The predicted molar refractivity (Wildman–Crippen MR) is 95.1 cm³/mol. The van der Waals surface area contributed by atoms with Crippen molar-refractivity contribution in [2.45, 2.75) is 32.4 Å². The lowest BCUT2D eigenvalue weighted by Gasteiger charge is -2.25. The molecule has 1 aliphatic rings. The second kappa shape index (κ2) is 6.20. The van der Waals surface area contributed by atoms with E-state index in [1.54, 1.807) is 12.1 Å². The standard InChI is InChI=1S/C19H19FN4O/c1-12-10-24-11-15(7-8-18(24)21-12)22-19(25)23-17-4-2-3-13-5-6-14(20)9-16(13)17/h2-6,9-10,15H,7-8,11H2,1H3,(H2,22,23,25). The number of fused-ring (bicyclic) bond motifs is 2. The highest BCUT2D eigenvalue weighted by molar-refractivity contribution is 6.01. The second-order valence-corrected chi connectivity index (χ2v) is 6.46. The van der Waals surface area contributed by atoms with Crippen molar-refractivity contribution in [3.8, 4) is 0 Å². The van der Waals surface area contributed by atoms with Crippen LogP contribution in [0.4, 0.5) is 14.9 Å². The molecule has 1 atom stereocenters. The fourth-order valence-electron chi connectivity index (χ4n) is 3.40. The topological polar surface area (TPSA) is 59.0 Å². The van der Waals surface area contributed by atoms with Crippen LogP contribution >= 0.6 is 0 Å². The van der Waals surface area contributed by atoms with E-state index in [-0.39, 0.29) is 17.9 Å². The third-order valence-corrected chi connectivity index (χ3v) is 4.54. The van der Waals surface area contributed by atoms with Crippen LogP contribution in [0, 0.1) is 12.7 Å². The Balaban J connectivity index is 1.47. The van der Waals surface area contributed by atoms with Gasteiger partial charge in [0.15, 0.2) is 0 Å². The average Bonchev–Trinajstić information content (AvgIpc) is 2.94. The molecule has 1 aromatic heterocycles. The highest BCUT2D eigenvalue weighted by Gasteiger charge is 2.21. The Kier molecular flexibility index (Phi) is 3.87. The van der Waals surface area contributed by atoms with Crippen LogP contribution in [0.25, 0.3) is 10.8 Å². The minimum atomic E-state index is -0.322. The summed E-state index contributed by atoms with van der Waals surface area (Å²) in [5, 5.41) is 7.42. The fraction of sp³-hybridized carbons (Fsp3) is 0.263. The molecule has 3 aromatic rings. The summed E-state index contributed by atoms with van der Waals surface area (Å²) in [5.74, 6) is 0.748. The molecule has 2 aromatic carbocycles. The van der Waals surface area contributed by atoms with Crippen molar-refractivity contribution in [3.05, 3.63) is 59.9 Å². The van der Waals surface area contributed by atoms with Crippen molar-refractivity contribution < 1.29 is 9.18 Å². The van der Waals surface area contributed by atoms with E-state index in [1.807, 2.05) is 25.3 Å². The number of halogens is 1. The number of anilines is 1. The van der Waals surface area contributed by atoms with Gasteiger partial charge in [0.1, 0.15) is 11.6 Å². The highest BCUT2D eigenvalue weighted by Crippen LogP contribution is 2.24. The highest BCUT2D eigenvalue weighted by atomic mass is 19.1. The van der Waals surface area contributed by atoms with Crippen LogP contribution in [-0.2, 0) is 13.0 Å². The van der Waals surface area contributed by atoms with Crippen LogP contribution in [0.1, 0.15) is 17.9 Å². The number of urea groups is 1. The number of carbonyl (C=O) groups is 1. The summed E-state index contributed by atoms with van der Waals surface area (Å²) in [6.07, 6.45) is 3.71. The summed E-state index contributed by atoms with van der Waals surface area (Å²) in [4.78, 5) is 16.9. The third kappa shape index (κ3) is 3.20. The first-order chi connectivity index (χ1) is 12.1. The Bertz CT molecular complexity index is 950. The summed E-state index contributed by atoms with van der Waals surface area (Å²) < 4.78 is 15.6. The monoisotopic (exact) mass is 338 g/mol. The van der Waals surface area contributed by atoms with Gasteiger partial charge in [-0.05, 0) is 36.9 Å². The molecule has 0 radical (unpaired) electrons. The summed E-state index contributed by atoms with van der Waals surface area (Å²) in [6.45, 7) is 2.69. The lowest BCUT2D eigenvalue weighted by Crippen LogP contribution is -2.42. The molecular formula is C19H19FN4O. The smallest absolute Gasteiger partial charge is 0.319 e. The Morgan fingerprint density at radius 3 is 3.08 bits per heavy atom. The molecule has 0 spiro atoms. The predicted octanol–water partition coefficient (Wildman–Crippen LogP) is 3.62. The number of benzene rings is 2. The van der Waals surface area contributed by atoms with E-state index in [0.717, 1.165) is 29.7 Å². The Morgan fingerprint density at radius 1 is 1.32 bits per heavy atom. The maximum absolute atomic E-state index is 13.5. The van der Waals surface area contributed by atoms with Crippen molar-refractivity contribution in [2.24, 2.45) is 0 Å². The van der Waals surface area contributed by atoms with Crippen LogP contribution in [0.3, 0.4) is 0 Å². The van der Waals surface area contributed by atoms with Crippen molar-refractivity contribution in [3.63, 3.8) is 0 Å². The van der Waals surface area contributed by atoms with E-state index >= 15 is 0 Å². The molecule has 1 unspecified atom stereocenters. The molecule has 1 aliphatic heterocycles. The van der Waals surface area contributed by atoms with E-state index < -0.39 is 0 Å². The van der Waals surface area contributed by atoms with Gasteiger partial charge in [-0.2, -0.15) is 0 Å². The van der Waals surface area contributed by atoms with E-state index in [4.69, 9.17) is 0 Å². The molecule has 128 valence electrons. The van der Waals surface area contributed by atoms with Gasteiger partial charge in [-0.25, -0.2) is 14.2 Å². The zero-order valence-corrected chi connectivity index (χ0v) is 13.9.